The molecule has 2 N–H and O–H groups in total. The number of aromatic carboxylic acids is 1. The minimum absolute atomic E-state index is 0. The molecule has 0 fully saturated rings. The van der Waals surface area contributed by atoms with Crippen molar-refractivity contribution in [2.75, 3.05) is 0 Å². The fourth-order valence-corrected chi connectivity index (χ4v) is 0.654. The molecule has 0 saturated heterocycles. The van der Waals surface area contributed by atoms with Gasteiger partial charge in [0, 0.05) is 0 Å². The van der Waals surface area contributed by atoms with Gasteiger partial charge in [0.2, 0.25) is 0 Å². The summed E-state index contributed by atoms with van der Waals surface area (Å²) < 4.78 is 0. The Hall–Kier alpha value is -0.315. The summed E-state index contributed by atoms with van der Waals surface area (Å²) in [4.78, 5) is 10.3. The molecule has 0 heterocycles. The number of hydrogen-bond acceptors (Lipinski definition) is 2. The van der Waals surface area contributed by atoms with Gasteiger partial charge >= 0.3 is 43.7 Å². The van der Waals surface area contributed by atoms with Crippen LogP contribution in [0.5, 0.6) is 5.75 Å². The summed E-state index contributed by atoms with van der Waals surface area (Å²) in [6.45, 7) is 0. The monoisotopic (exact) mass is 154 g/mol. The third kappa shape index (κ3) is 3.39. The Bertz CT molecular complexity index is 263. The normalized spacial score (nSPS) is 7.67. The molecule has 1 rings (SSSR count). The number of benzene rings is 1. The second kappa shape index (κ2) is 6.23. The van der Waals surface area contributed by atoms with Crippen LogP contribution in [0.25, 0.3) is 0 Å². The van der Waals surface area contributed by atoms with Crippen molar-refractivity contribution in [3.8, 4) is 5.75 Å². The molecule has 0 aromatic heterocycles. The van der Waals surface area contributed by atoms with E-state index >= 15 is 0 Å². The van der Waals surface area contributed by atoms with Crippen molar-refractivity contribution in [2.45, 2.75) is 0 Å². The van der Waals surface area contributed by atoms with Gasteiger partial charge in [-0.2, -0.15) is 0 Å². The third-order valence-corrected chi connectivity index (χ3v) is 1.13. The number of carboxylic acid groups (broad SMARTS) is 1. The number of carbonyl (C=O) groups is 1. The van der Waals surface area contributed by atoms with Gasteiger partial charge in [0.1, 0.15) is 11.3 Å². The van der Waals surface area contributed by atoms with Crippen LogP contribution in [-0.2, 0) is 0 Å². The molecule has 3 nitrogen and oxygen atoms in total. The van der Waals surface area contributed by atoms with E-state index in [9.17, 15) is 4.79 Å². The van der Waals surface area contributed by atoms with Crippen LogP contribution < -0.4 is 0 Å². The summed E-state index contributed by atoms with van der Waals surface area (Å²) in [7, 11) is 0. The zero-order valence-electron chi connectivity index (χ0n) is 5.11. The SMILES string of the molecule is O=C(O)c1ccccc1O.[LiH].[LiH]. The second-order valence-corrected chi connectivity index (χ2v) is 1.82. The number of hydrogen-bond donors (Lipinski definition) is 2. The predicted molar refractivity (Wildman–Crippen MR) is 49.4 cm³/mol. The molecule has 0 spiro atoms. The first-order valence-corrected chi connectivity index (χ1v) is 2.73. The molecule has 0 aliphatic carbocycles. The van der Waals surface area contributed by atoms with Crippen LogP contribution in [0.4, 0.5) is 0 Å². The summed E-state index contributed by atoms with van der Waals surface area (Å²) in [5.41, 5.74) is -0.0671. The Labute approximate surface area is 94.1 Å². The van der Waals surface area contributed by atoms with Gasteiger partial charge in [0.25, 0.3) is 0 Å². The first-order chi connectivity index (χ1) is 4.72. The molecule has 0 radical (unpaired) electrons. The summed E-state index contributed by atoms with van der Waals surface area (Å²) >= 11 is 0. The molecule has 56 valence electrons. The van der Waals surface area contributed by atoms with Gasteiger partial charge in [0.15, 0.2) is 0 Å². The van der Waals surface area contributed by atoms with E-state index in [4.69, 9.17) is 10.2 Å². The molecule has 12 heavy (non-hydrogen) atoms. The number of para-hydroxylation sites is 1. The molecule has 1 aromatic carbocycles. The molecule has 5 heteroatoms. The van der Waals surface area contributed by atoms with Gasteiger partial charge in [-0.3, -0.25) is 0 Å². The van der Waals surface area contributed by atoms with Crippen LogP contribution in [0, 0.1) is 0 Å². The zero-order chi connectivity index (χ0) is 7.56. The van der Waals surface area contributed by atoms with E-state index in [0.29, 0.717) is 0 Å². The van der Waals surface area contributed by atoms with Crippen molar-refractivity contribution in [3.63, 3.8) is 0 Å². The average molecular weight is 154 g/mol. The van der Waals surface area contributed by atoms with Gasteiger partial charge in [-0.15, -0.1) is 0 Å². The summed E-state index contributed by atoms with van der Waals surface area (Å²) in [5.74, 6) is -1.31. The van der Waals surface area contributed by atoms with E-state index in [0.717, 1.165) is 0 Å². The number of phenols is 1. The van der Waals surface area contributed by atoms with E-state index in [1.54, 1.807) is 12.1 Å². The van der Waals surface area contributed by atoms with Crippen LogP contribution in [-0.4, -0.2) is 53.9 Å². The van der Waals surface area contributed by atoms with Gasteiger partial charge in [-0.05, 0) is 12.1 Å². The fraction of sp³-hybridized carbons (Fsp3) is 0. The van der Waals surface area contributed by atoms with Crippen molar-refractivity contribution >= 4 is 43.7 Å². The summed E-state index contributed by atoms with van der Waals surface area (Å²) in [6, 6.07) is 5.81. The quantitative estimate of drug-likeness (QED) is 0.550. The first kappa shape index (κ1) is 14.2. The standard InChI is InChI=1S/C7H6O3.2Li.2H/c8-6-4-2-1-3-5(6)7(9)10;;;;/h1-4,8H,(H,9,10);;;;. The molecular formula is C7H8Li2O3. The summed E-state index contributed by atoms with van der Waals surface area (Å²) in [6.07, 6.45) is 0. The molecule has 0 bridgehead atoms. The van der Waals surface area contributed by atoms with E-state index in [1.807, 2.05) is 0 Å². The topological polar surface area (TPSA) is 57.5 Å². The molecule has 0 unspecified atom stereocenters. The summed E-state index contributed by atoms with van der Waals surface area (Å²) in [5, 5.41) is 17.3. The van der Waals surface area contributed by atoms with E-state index in [1.165, 1.54) is 12.1 Å². The molecule has 0 aliphatic heterocycles. The van der Waals surface area contributed by atoms with Crippen molar-refractivity contribution in [3.05, 3.63) is 29.8 Å². The second-order valence-electron chi connectivity index (χ2n) is 1.82. The third-order valence-electron chi connectivity index (χ3n) is 1.13. The average Bonchev–Trinajstić information content (AvgIpc) is 1.88. The van der Waals surface area contributed by atoms with E-state index < -0.39 is 5.97 Å². The Kier molecular flexibility index (Phi) is 7.38. The van der Waals surface area contributed by atoms with Gasteiger partial charge in [-0.1, -0.05) is 12.1 Å². The first-order valence-electron chi connectivity index (χ1n) is 2.73. The van der Waals surface area contributed by atoms with Crippen molar-refractivity contribution in [1.29, 1.82) is 0 Å². The molecule has 1 aromatic rings. The van der Waals surface area contributed by atoms with Crippen LogP contribution >= 0.6 is 0 Å². The van der Waals surface area contributed by atoms with Crippen molar-refractivity contribution in [2.24, 2.45) is 0 Å². The Balaban J connectivity index is 0. The van der Waals surface area contributed by atoms with Gasteiger partial charge in [-0.25, -0.2) is 4.79 Å². The molecule has 0 atom stereocenters. The Morgan fingerprint density at radius 3 is 2.00 bits per heavy atom. The van der Waals surface area contributed by atoms with Gasteiger partial charge < -0.3 is 10.2 Å². The minimum atomic E-state index is -1.11. The maximum absolute atomic E-state index is 10.3. The molecular weight excluding hydrogens is 146 g/mol. The van der Waals surface area contributed by atoms with Crippen LogP contribution in [0.15, 0.2) is 24.3 Å². The van der Waals surface area contributed by atoms with E-state index in [-0.39, 0.29) is 49.0 Å². The Morgan fingerprint density at radius 1 is 1.17 bits per heavy atom. The van der Waals surface area contributed by atoms with Gasteiger partial charge in [0.05, 0.1) is 0 Å². The number of rotatable bonds is 1. The van der Waals surface area contributed by atoms with E-state index in [2.05, 4.69) is 0 Å². The van der Waals surface area contributed by atoms with Crippen molar-refractivity contribution in [1.82, 2.24) is 0 Å². The maximum atomic E-state index is 10.3. The van der Waals surface area contributed by atoms with Crippen LogP contribution in [0.2, 0.25) is 0 Å². The van der Waals surface area contributed by atoms with Crippen LogP contribution in [0.3, 0.4) is 0 Å². The molecule has 0 aliphatic rings. The number of carboxylic acids is 1. The molecule has 0 saturated carbocycles. The van der Waals surface area contributed by atoms with Crippen molar-refractivity contribution < 1.29 is 15.0 Å². The number of aromatic hydroxyl groups is 1. The predicted octanol–water partition coefficient (Wildman–Crippen LogP) is -0.207. The fourth-order valence-electron chi connectivity index (χ4n) is 0.654. The molecule has 0 amide bonds. The Morgan fingerprint density at radius 2 is 1.67 bits per heavy atom. The zero-order valence-corrected chi connectivity index (χ0v) is 5.11. The van der Waals surface area contributed by atoms with Crippen LogP contribution in [0.1, 0.15) is 10.4 Å².